The topological polar surface area (TPSA) is 9.72 Å². The Morgan fingerprint density at radius 1 is 0.309 bits per heavy atom. The second-order valence-corrected chi connectivity index (χ2v) is 19.4. The predicted molar refractivity (Wildman–Crippen MR) is 290 cm³/mol. The molecular weight excluding hydrogens is 823 g/mol. The van der Waals surface area contributed by atoms with Crippen molar-refractivity contribution in [2.45, 2.75) is 74.7 Å². The van der Waals surface area contributed by atoms with Gasteiger partial charge >= 0.3 is 0 Å². The van der Waals surface area contributed by atoms with Crippen molar-refractivity contribution in [2.75, 3.05) is 14.7 Å². The van der Waals surface area contributed by atoms with Crippen LogP contribution in [0.2, 0.25) is 0 Å². The molecule has 0 saturated heterocycles. The first-order chi connectivity index (χ1) is 32.8. The number of benzene rings is 9. The summed E-state index contributed by atoms with van der Waals surface area (Å²) in [5.41, 5.74) is 26.8. The normalized spacial score (nSPS) is 12.6. The van der Waals surface area contributed by atoms with E-state index < -0.39 is 5.41 Å². The van der Waals surface area contributed by atoms with E-state index >= 15 is 0 Å². The SMILES string of the molecule is Cc1ccc(N2c3ccccc3C(c3cccc(N(c4ccc(C)cc4C)c4ccc(C)cc4C)c3)(c3cccc(N(c4ccc(C)cc4C)c4ccc(C)cc4C)c3)c3cc(C)ccc32)cc1. The highest BCUT2D eigenvalue weighted by molar-refractivity contribution is 5.91. The highest BCUT2D eigenvalue weighted by Gasteiger charge is 2.47. The molecule has 3 nitrogen and oxygen atoms in total. The number of anilines is 9. The molecular formula is C65H61N3. The summed E-state index contributed by atoms with van der Waals surface area (Å²) in [5.74, 6) is 0. The molecule has 1 heterocycles. The van der Waals surface area contributed by atoms with Crippen LogP contribution in [-0.2, 0) is 5.41 Å². The van der Waals surface area contributed by atoms with Crippen LogP contribution in [-0.4, -0.2) is 0 Å². The molecule has 0 amide bonds. The number of rotatable bonds is 9. The molecule has 0 radical (unpaired) electrons. The molecule has 0 unspecified atom stereocenters. The van der Waals surface area contributed by atoms with E-state index in [4.69, 9.17) is 0 Å². The molecule has 3 heteroatoms. The smallest absolute Gasteiger partial charge is 0.0743 e. The molecule has 1 aliphatic rings. The Morgan fingerprint density at radius 3 is 1.13 bits per heavy atom. The van der Waals surface area contributed by atoms with Gasteiger partial charge in [-0.15, -0.1) is 0 Å². The maximum absolute atomic E-state index is 2.48. The van der Waals surface area contributed by atoms with Gasteiger partial charge in [-0.25, -0.2) is 0 Å². The molecule has 68 heavy (non-hydrogen) atoms. The summed E-state index contributed by atoms with van der Waals surface area (Å²) in [4.78, 5) is 7.43. The highest BCUT2D eigenvalue weighted by Crippen LogP contribution is 2.59. The van der Waals surface area contributed by atoms with Gasteiger partial charge in [0.05, 0.1) is 16.8 Å². The summed E-state index contributed by atoms with van der Waals surface area (Å²) in [6.45, 7) is 22.1. The van der Waals surface area contributed by atoms with E-state index in [9.17, 15) is 0 Å². The highest BCUT2D eigenvalue weighted by atomic mass is 15.2. The zero-order chi connectivity index (χ0) is 47.4. The fourth-order valence-electron chi connectivity index (χ4n) is 11.0. The Morgan fingerprint density at radius 2 is 0.691 bits per heavy atom. The number of fused-ring (bicyclic) bond motifs is 2. The fourth-order valence-corrected chi connectivity index (χ4v) is 11.0. The second kappa shape index (κ2) is 17.6. The van der Waals surface area contributed by atoms with Crippen LogP contribution in [0.4, 0.5) is 51.2 Å². The zero-order valence-electron chi connectivity index (χ0n) is 41.2. The van der Waals surface area contributed by atoms with Crippen LogP contribution < -0.4 is 14.7 Å². The van der Waals surface area contributed by atoms with Crippen LogP contribution >= 0.6 is 0 Å². The maximum Gasteiger partial charge on any atom is 0.0743 e. The average molecular weight is 884 g/mol. The summed E-state index contributed by atoms with van der Waals surface area (Å²) in [6.07, 6.45) is 0. The number of hydrogen-bond donors (Lipinski definition) is 0. The zero-order valence-corrected chi connectivity index (χ0v) is 41.2. The molecule has 0 fully saturated rings. The van der Waals surface area contributed by atoms with Gasteiger partial charge in [0, 0.05) is 39.8 Å². The molecule has 1 aliphatic heterocycles. The summed E-state index contributed by atoms with van der Waals surface area (Å²) >= 11 is 0. The van der Waals surface area contributed by atoms with Gasteiger partial charge in [-0.1, -0.05) is 149 Å². The lowest BCUT2D eigenvalue weighted by Gasteiger charge is -2.47. The lowest BCUT2D eigenvalue weighted by molar-refractivity contribution is 0.730. The van der Waals surface area contributed by atoms with E-state index in [1.807, 2.05) is 0 Å². The number of para-hydroxylation sites is 1. The predicted octanol–water partition coefficient (Wildman–Crippen LogP) is 17.9. The molecule has 9 aromatic rings. The largest absolute Gasteiger partial charge is 0.310 e. The van der Waals surface area contributed by atoms with E-state index in [0.717, 1.165) is 28.4 Å². The molecule has 336 valence electrons. The monoisotopic (exact) mass is 883 g/mol. The first-order valence-corrected chi connectivity index (χ1v) is 24.0. The quantitative estimate of drug-likeness (QED) is 0.143. The Bertz CT molecular complexity index is 3120. The number of aryl methyl sites for hydroxylation is 10. The Kier molecular flexibility index (Phi) is 11.4. The lowest BCUT2D eigenvalue weighted by Crippen LogP contribution is -2.38. The number of hydrogen-bond acceptors (Lipinski definition) is 3. The van der Waals surface area contributed by atoms with Gasteiger partial charge in [0.15, 0.2) is 0 Å². The van der Waals surface area contributed by atoms with E-state index in [2.05, 4.69) is 272 Å². The minimum Gasteiger partial charge on any atom is -0.310 e. The minimum absolute atomic E-state index is 0.766. The molecule has 9 aromatic carbocycles. The first-order valence-electron chi connectivity index (χ1n) is 24.0. The standard InChI is InChI=1S/C65H61N3/c1-42-21-28-54(29-22-42)66-63-20-12-11-19-57(63)65(58-39-47(6)27-34-64(58)66,52-15-13-17-55(40-52)67(59-30-23-43(2)35-48(59)7)60-31-24-44(3)36-49(60)8)53-16-14-18-56(41-53)68(61-32-25-45(4)37-50(61)9)62-33-26-46(5)38-51(62)10/h11-41H,1-10H3. The van der Waals surface area contributed by atoms with Gasteiger partial charge in [0.25, 0.3) is 0 Å². The molecule has 0 aliphatic carbocycles. The summed E-state index contributed by atoms with van der Waals surface area (Å²) < 4.78 is 0. The second-order valence-electron chi connectivity index (χ2n) is 19.4. The molecule has 0 saturated carbocycles. The Labute approximate surface area is 404 Å². The number of nitrogens with zero attached hydrogens (tertiary/aromatic N) is 3. The summed E-state index contributed by atoms with van der Waals surface area (Å²) in [5, 5.41) is 0. The van der Waals surface area contributed by atoms with Crippen molar-refractivity contribution in [3.63, 3.8) is 0 Å². The van der Waals surface area contributed by atoms with Crippen molar-refractivity contribution in [2.24, 2.45) is 0 Å². The van der Waals surface area contributed by atoms with Crippen LogP contribution in [0.5, 0.6) is 0 Å². The van der Waals surface area contributed by atoms with Gasteiger partial charge in [-0.3, -0.25) is 0 Å². The van der Waals surface area contributed by atoms with Crippen LogP contribution in [0.25, 0.3) is 0 Å². The lowest BCUT2D eigenvalue weighted by atomic mass is 9.62. The third-order valence-corrected chi connectivity index (χ3v) is 14.1. The van der Waals surface area contributed by atoms with E-state index in [0.29, 0.717) is 0 Å². The third kappa shape index (κ3) is 7.66. The Hall–Kier alpha value is -7.62. The molecule has 10 rings (SSSR count). The summed E-state index contributed by atoms with van der Waals surface area (Å²) in [7, 11) is 0. The van der Waals surface area contributed by atoms with Crippen molar-refractivity contribution in [3.05, 3.63) is 266 Å². The van der Waals surface area contributed by atoms with E-state index in [1.54, 1.807) is 0 Å². The molecule has 0 spiro atoms. The van der Waals surface area contributed by atoms with Crippen molar-refractivity contribution >= 4 is 51.2 Å². The van der Waals surface area contributed by atoms with Crippen molar-refractivity contribution in [3.8, 4) is 0 Å². The molecule has 0 bridgehead atoms. The maximum atomic E-state index is 2.48. The van der Waals surface area contributed by atoms with Gasteiger partial charge in [-0.2, -0.15) is 0 Å². The molecule has 0 N–H and O–H groups in total. The molecule has 0 atom stereocenters. The van der Waals surface area contributed by atoms with Gasteiger partial charge in [0.1, 0.15) is 0 Å². The fraction of sp³-hybridized carbons (Fsp3) is 0.169. The van der Waals surface area contributed by atoms with Gasteiger partial charge < -0.3 is 14.7 Å². The molecule has 0 aromatic heterocycles. The van der Waals surface area contributed by atoms with Gasteiger partial charge in [0.2, 0.25) is 0 Å². The van der Waals surface area contributed by atoms with Crippen LogP contribution in [0.3, 0.4) is 0 Å². The van der Waals surface area contributed by atoms with Crippen molar-refractivity contribution in [1.29, 1.82) is 0 Å². The Balaban J connectivity index is 1.31. The van der Waals surface area contributed by atoms with Gasteiger partial charge in [-0.05, 0) is 187 Å². The van der Waals surface area contributed by atoms with Crippen LogP contribution in [0.1, 0.15) is 77.9 Å². The summed E-state index contributed by atoms with van der Waals surface area (Å²) in [6, 6.07) is 71.3. The van der Waals surface area contributed by atoms with Crippen molar-refractivity contribution < 1.29 is 0 Å². The van der Waals surface area contributed by atoms with E-state index in [1.165, 1.54) is 101 Å². The van der Waals surface area contributed by atoms with Crippen LogP contribution in [0, 0.1) is 69.2 Å². The first kappa shape index (κ1) is 44.2. The van der Waals surface area contributed by atoms with E-state index in [-0.39, 0.29) is 0 Å². The minimum atomic E-state index is -0.766. The van der Waals surface area contributed by atoms with Crippen LogP contribution in [0.15, 0.2) is 188 Å². The third-order valence-electron chi connectivity index (χ3n) is 14.1. The average Bonchev–Trinajstić information content (AvgIpc) is 3.31. The van der Waals surface area contributed by atoms with Crippen molar-refractivity contribution in [1.82, 2.24) is 0 Å².